The third-order valence-corrected chi connectivity index (χ3v) is 4.19. The summed E-state index contributed by atoms with van der Waals surface area (Å²) in [5, 5.41) is 0. The molecule has 1 saturated heterocycles. The molecule has 1 aromatic carbocycles. The van der Waals surface area contributed by atoms with E-state index in [2.05, 4.69) is 9.97 Å². The lowest BCUT2D eigenvalue weighted by Crippen LogP contribution is -2.29. The van der Waals surface area contributed by atoms with Gasteiger partial charge in [0.05, 0.1) is 18.8 Å². The lowest BCUT2D eigenvalue weighted by Gasteiger charge is -2.24. The van der Waals surface area contributed by atoms with E-state index in [1.165, 1.54) is 0 Å². The number of amides is 1. The zero-order chi connectivity index (χ0) is 16.4. The van der Waals surface area contributed by atoms with Gasteiger partial charge >= 0.3 is 0 Å². The molecule has 6 nitrogen and oxygen atoms in total. The Bertz CT molecular complexity index is 732. The summed E-state index contributed by atoms with van der Waals surface area (Å²) in [6, 6.07) is 7.67. The van der Waals surface area contributed by atoms with Crippen molar-refractivity contribution in [3.05, 3.63) is 36.2 Å². The molecule has 2 N–H and O–H groups in total. The molecular formula is C17H20N4O2. The monoisotopic (exact) mass is 312 g/mol. The molecule has 1 unspecified atom stereocenters. The number of carbonyl (C=O) groups excluding carboxylic acids is 1. The van der Waals surface area contributed by atoms with E-state index in [1.54, 1.807) is 20.2 Å². The first-order chi connectivity index (χ1) is 11.1. The summed E-state index contributed by atoms with van der Waals surface area (Å²) in [4.78, 5) is 22.3. The third kappa shape index (κ3) is 2.97. The molecule has 6 heteroatoms. The fraction of sp³-hybridized carbons (Fsp3) is 0.353. The molecule has 1 aromatic heterocycles. The fourth-order valence-corrected chi connectivity index (χ4v) is 3.10. The smallest absolute Gasteiger partial charge is 0.220 e. The van der Waals surface area contributed by atoms with E-state index in [-0.39, 0.29) is 17.9 Å². The first kappa shape index (κ1) is 15.3. The Hall–Kier alpha value is -2.63. The second-order valence-corrected chi connectivity index (χ2v) is 5.63. The van der Waals surface area contributed by atoms with Crippen LogP contribution in [0, 0.1) is 0 Å². The number of methoxy groups -OCH3 is 1. The first-order valence-electron chi connectivity index (χ1n) is 7.64. The summed E-state index contributed by atoms with van der Waals surface area (Å²) in [7, 11) is 1.63. The molecule has 0 saturated carbocycles. The minimum atomic E-state index is -0.0565. The molecule has 0 aliphatic carbocycles. The topological polar surface area (TPSA) is 81.3 Å². The number of anilines is 1. The van der Waals surface area contributed by atoms with Crippen LogP contribution in [-0.2, 0) is 4.79 Å². The van der Waals surface area contributed by atoms with Crippen molar-refractivity contribution in [3.63, 3.8) is 0 Å². The number of carbonyl (C=O) groups is 1. The van der Waals surface area contributed by atoms with Crippen LogP contribution < -0.4 is 10.5 Å². The van der Waals surface area contributed by atoms with Crippen LogP contribution >= 0.6 is 0 Å². The van der Waals surface area contributed by atoms with Crippen LogP contribution in [0.3, 0.4) is 0 Å². The SMILES string of the molecule is COc1cccc(-c2cnc(N)nc2C2CCCN2C(C)=O)c1. The highest BCUT2D eigenvalue weighted by molar-refractivity contribution is 5.75. The zero-order valence-electron chi connectivity index (χ0n) is 13.3. The van der Waals surface area contributed by atoms with Gasteiger partial charge in [0.2, 0.25) is 11.9 Å². The molecule has 23 heavy (non-hydrogen) atoms. The largest absolute Gasteiger partial charge is 0.497 e. The standard InChI is InChI=1S/C17H20N4O2/c1-11(22)21-8-4-7-15(21)16-14(10-19-17(18)20-16)12-5-3-6-13(9-12)23-2/h3,5-6,9-10,15H,4,7-8H2,1-2H3,(H2,18,19,20). The number of ether oxygens (including phenoxy) is 1. The van der Waals surface area contributed by atoms with Crippen molar-refractivity contribution in [2.45, 2.75) is 25.8 Å². The summed E-state index contributed by atoms with van der Waals surface area (Å²) < 4.78 is 5.29. The quantitative estimate of drug-likeness (QED) is 0.941. The van der Waals surface area contributed by atoms with Gasteiger partial charge in [-0.25, -0.2) is 9.97 Å². The lowest BCUT2D eigenvalue weighted by atomic mass is 9.99. The van der Waals surface area contributed by atoms with Gasteiger partial charge in [-0.2, -0.15) is 0 Å². The van der Waals surface area contributed by atoms with E-state index in [1.807, 2.05) is 29.2 Å². The number of nitrogen functional groups attached to an aromatic ring is 1. The maximum absolute atomic E-state index is 11.9. The Kier molecular flexibility index (Phi) is 4.14. The van der Waals surface area contributed by atoms with Gasteiger partial charge in [-0.1, -0.05) is 12.1 Å². The predicted octanol–water partition coefficient (Wildman–Crippen LogP) is 2.42. The number of likely N-dealkylation sites (tertiary alicyclic amines) is 1. The van der Waals surface area contributed by atoms with Gasteiger partial charge < -0.3 is 15.4 Å². The highest BCUT2D eigenvalue weighted by Gasteiger charge is 2.31. The summed E-state index contributed by atoms with van der Waals surface area (Å²) in [5.41, 5.74) is 8.44. The van der Waals surface area contributed by atoms with Crippen molar-refractivity contribution >= 4 is 11.9 Å². The molecule has 1 fully saturated rings. The van der Waals surface area contributed by atoms with Crippen LogP contribution in [0.15, 0.2) is 30.5 Å². The zero-order valence-corrected chi connectivity index (χ0v) is 13.3. The van der Waals surface area contributed by atoms with Gasteiger partial charge in [-0.05, 0) is 30.5 Å². The third-order valence-electron chi connectivity index (χ3n) is 4.19. The molecule has 0 spiro atoms. The van der Waals surface area contributed by atoms with Gasteiger partial charge in [0.25, 0.3) is 0 Å². The molecule has 1 aliphatic rings. The van der Waals surface area contributed by atoms with Crippen LogP contribution in [0.25, 0.3) is 11.1 Å². The van der Waals surface area contributed by atoms with Crippen LogP contribution in [0.4, 0.5) is 5.95 Å². The number of aromatic nitrogens is 2. The molecule has 1 atom stereocenters. The van der Waals surface area contributed by atoms with E-state index in [0.717, 1.165) is 42.0 Å². The molecule has 1 amide bonds. The number of rotatable bonds is 3. The Labute approximate surface area is 135 Å². The number of benzene rings is 1. The Morgan fingerprint density at radius 1 is 1.43 bits per heavy atom. The Morgan fingerprint density at radius 3 is 3.00 bits per heavy atom. The van der Waals surface area contributed by atoms with Gasteiger partial charge in [-0.15, -0.1) is 0 Å². The molecule has 1 aliphatic heterocycles. The number of nitrogens with zero attached hydrogens (tertiary/aromatic N) is 3. The van der Waals surface area contributed by atoms with Gasteiger partial charge in [0, 0.05) is 25.2 Å². The summed E-state index contributed by atoms with van der Waals surface area (Å²) >= 11 is 0. The summed E-state index contributed by atoms with van der Waals surface area (Å²) in [5.74, 6) is 1.04. The highest BCUT2D eigenvalue weighted by Crippen LogP contribution is 2.37. The van der Waals surface area contributed by atoms with Crippen LogP contribution in [0.5, 0.6) is 5.75 Å². The average Bonchev–Trinajstić information content (AvgIpc) is 3.04. The predicted molar refractivity (Wildman–Crippen MR) is 87.8 cm³/mol. The molecule has 0 bridgehead atoms. The second-order valence-electron chi connectivity index (χ2n) is 5.63. The highest BCUT2D eigenvalue weighted by atomic mass is 16.5. The van der Waals surface area contributed by atoms with E-state index in [0.29, 0.717) is 0 Å². The minimum absolute atomic E-state index is 0.0565. The molecule has 2 aromatic rings. The minimum Gasteiger partial charge on any atom is -0.497 e. The van der Waals surface area contributed by atoms with E-state index >= 15 is 0 Å². The number of nitrogens with two attached hydrogens (primary N) is 1. The first-order valence-corrected chi connectivity index (χ1v) is 7.64. The van der Waals surface area contributed by atoms with E-state index < -0.39 is 0 Å². The van der Waals surface area contributed by atoms with Crippen molar-refractivity contribution in [2.75, 3.05) is 19.4 Å². The maximum Gasteiger partial charge on any atom is 0.220 e. The normalized spacial score (nSPS) is 17.3. The maximum atomic E-state index is 11.9. The Morgan fingerprint density at radius 2 is 2.26 bits per heavy atom. The fourth-order valence-electron chi connectivity index (χ4n) is 3.10. The second kappa shape index (κ2) is 6.24. The van der Waals surface area contributed by atoms with Crippen molar-refractivity contribution in [1.82, 2.24) is 14.9 Å². The van der Waals surface area contributed by atoms with Crippen molar-refractivity contribution < 1.29 is 9.53 Å². The summed E-state index contributed by atoms with van der Waals surface area (Å²) in [6.07, 6.45) is 3.57. The molecule has 3 rings (SSSR count). The Balaban J connectivity index is 2.09. The van der Waals surface area contributed by atoms with Crippen LogP contribution in [0.2, 0.25) is 0 Å². The number of hydrogen-bond donors (Lipinski definition) is 1. The van der Waals surface area contributed by atoms with E-state index in [9.17, 15) is 4.79 Å². The lowest BCUT2D eigenvalue weighted by molar-refractivity contribution is -0.129. The van der Waals surface area contributed by atoms with Crippen LogP contribution in [-0.4, -0.2) is 34.4 Å². The van der Waals surface area contributed by atoms with Crippen molar-refractivity contribution in [3.8, 4) is 16.9 Å². The molecule has 0 radical (unpaired) electrons. The van der Waals surface area contributed by atoms with Crippen LogP contribution in [0.1, 0.15) is 31.5 Å². The van der Waals surface area contributed by atoms with E-state index in [4.69, 9.17) is 10.5 Å². The van der Waals surface area contributed by atoms with Gasteiger partial charge in [0.15, 0.2) is 0 Å². The molecular weight excluding hydrogens is 292 g/mol. The van der Waals surface area contributed by atoms with Gasteiger partial charge in [-0.3, -0.25) is 4.79 Å². The molecule has 2 heterocycles. The van der Waals surface area contributed by atoms with Crippen molar-refractivity contribution in [2.24, 2.45) is 0 Å². The van der Waals surface area contributed by atoms with Crippen molar-refractivity contribution in [1.29, 1.82) is 0 Å². The average molecular weight is 312 g/mol. The van der Waals surface area contributed by atoms with Gasteiger partial charge in [0.1, 0.15) is 5.75 Å². The number of hydrogen-bond acceptors (Lipinski definition) is 5. The molecule has 120 valence electrons. The summed E-state index contributed by atoms with van der Waals surface area (Å²) in [6.45, 7) is 2.34.